The Balaban J connectivity index is 0. The normalized spacial score (nSPS) is 7.09. The molecule has 0 saturated carbocycles. The summed E-state index contributed by atoms with van der Waals surface area (Å²) < 4.78 is 9.52. The second-order valence-corrected chi connectivity index (χ2v) is 2.64. The molecular formula is C6H12O4Si. The number of rotatable bonds is 3. The summed E-state index contributed by atoms with van der Waals surface area (Å²) in [6, 6.07) is 0. The van der Waals surface area contributed by atoms with Gasteiger partial charge in [-0.2, -0.15) is 0 Å². The van der Waals surface area contributed by atoms with Gasteiger partial charge in [0, 0.05) is 6.92 Å². The SMILES string of the molecule is C=O.C=[Si](OCC)OC(C)=O. The smallest absolute Gasteiger partial charge is 0.479 e. The van der Waals surface area contributed by atoms with Gasteiger partial charge >= 0.3 is 8.90 Å². The van der Waals surface area contributed by atoms with Gasteiger partial charge in [0.25, 0.3) is 5.97 Å². The number of hydrogen-bond acceptors (Lipinski definition) is 4. The lowest BCUT2D eigenvalue weighted by molar-refractivity contribution is -0.132. The molecule has 0 spiro atoms. The average Bonchev–Trinajstić information content (AvgIpc) is 1.91. The van der Waals surface area contributed by atoms with E-state index in [1.165, 1.54) is 6.92 Å². The van der Waals surface area contributed by atoms with Crippen molar-refractivity contribution < 1.29 is 18.4 Å². The van der Waals surface area contributed by atoms with Gasteiger partial charge in [-0.1, -0.05) is 0 Å². The van der Waals surface area contributed by atoms with Crippen molar-refractivity contribution in [1.29, 1.82) is 0 Å². The van der Waals surface area contributed by atoms with E-state index in [0.29, 0.717) is 6.61 Å². The van der Waals surface area contributed by atoms with Gasteiger partial charge < -0.3 is 13.6 Å². The summed E-state index contributed by atoms with van der Waals surface area (Å²) in [6.07, 6.45) is 3.50. The molecule has 0 heterocycles. The molecule has 0 amide bonds. The van der Waals surface area contributed by atoms with Crippen LogP contribution in [0.3, 0.4) is 0 Å². The molecule has 0 N–H and O–H groups in total. The Kier molecular flexibility index (Phi) is 10.4. The van der Waals surface area contributed by atoms with Crippen LogP contribution in [-0.2, 0) is 18.4 Å². The highest BCUT2D eigenvalue weighted by atomic mass is 28.3. The molecule has 11 heavy (non-hydrogen) atoms. The molecule has 0 aliphatic rings. The zero-order chi connectivity index (χ0) is 9.28. The van der Waals surface area contributed by atoms with Gasteiger partial charge in [-0.15, -0.1) is 0 Å². The summed E-state index contributed by atoms with van der Waals surface area (Å²) in [5, 5.41) is 0. The van der Waals surface area contributed by atoms with Crippen LogP contribution in [-0.4, -0.2) is 34.4 Å². The van der Waals surface area contributed by atoms with E-state index in [-0.39, 0.29) is 5.97 Å². The second kappa shape index (κ2) is 9.03. The molecule has 0 aliphatic heterocycles. The third-order valence-electron chi connectivity index (χ3n) is 0.563. The monoisotopic (exact) mass is 176 g/mol. The molecular weight excluding hydrogens is 164 g/mol. The van der Waals surface area contributed by atoms with Crippen LogP contribution in [0.4, 0.5) is 0 Å². The van der Waals surface area contributed by atoms with E-state index in [4.69, 9.17) is 9.22 Å². The molecule has 0 saturated heterocycles. The van der Waals surface area contributed by atoms with Crippen molar-refractivity contribution in [3.63, 3.8) is 0 Å². The maximum atomic E-state index is 10.2. The highest BCUT2D eigenvalue weighted by Gasteiger charge is 1.99. The van der Waals surface area contributed by atoms with Crippen molar-refractivity contribution in [2.45, 2.75) is 13.8 Å². The van der Waals surface area contributed by atoms with E-state index in [9.17, 15) is 4.79 Å². The Morgan fingerprint density at radius 3 is 2.27 bits per heavy atom. The van der Waals surface area contributed by atoms with Gasteiger partial charge in [0.2, 0.25) is 0 Å². The Hall–Kier alpha value is -0.973. The predicted octanol–water partition coefficient (Wildman–Crippen LogP) is -0.0970. The third-order valence-corrected chi connectivity index (χ3v) is 1.69. The first kappa shape index (κ1) is 12.7. The topological polar surface area (TPSA) is 52.6 Å². The van der Waals surface area contributed by atoms with Crippen LogP contribution in [0, 0.1) is 0 Å². The van der Waals surface area contributed by atoms with Crippen molar-refractivity contribution in [2.75, 3.05) is 6.61 Å². The molecule has 0 fully saturated rings. The van der Waals surface area contributed by atoms with Crippen LogP contribution in [0.1, 0.15) is 13.8 Å². The van der Waals surface area contributed by atoms with Crippen LogP contribution < -0.4 is 0 Å². The first-order chi connectivity index (χ1) is 5.16. The molecule has 0 aliphatic carbocycles. The zero-order valence-electron chi connectivity index (χ0n) is 6.75. The Morgan fingerprint density at radius 2 is 2.00 bits per heavy atom. The van der Waals surface area contributed by atoms with Gasteiger partial charge in [0.1, 0.15) is 6.79 Å². The Bertz CT molecular complexity index is 135. The largest absolute Gasteiger partial charge is 0.524 e. The van der Waals surface area contributed by atoms with Gasteiger partial charge in [0.15, 0.2) is 0 Å². The fourth-order valence-corrected chi connectivity index (χ4v) is 1.05. The molecule has 4 nitrogen and oxygen atoms in total. The lowest BCUT2D eigenvalue weighted by Gasteiger charge is -2.02. The van der Waals surface area contributed by atoms with Crippen LogP contribution in [0.2, 0.25) is 0 Å². The van der Waals surface area contributed by atoms with Crippen molar-refractivity contribution in [2.24, 2.45) is 0 Å². The number of carbonyl (C=O) groups is 2. The molecule has 0 aromatic carbocycles. The molecule has 0 rings (SSSR count). The Morgan fingerprint density at radius 1 is 1.55 bits per heavy atom. The molecule has 0 unspecified atom stereocenters. The summed E-state index contributed by atoms with van der Waals surface area (Å²) in [7, 11) is -1.54. The highest BCUT2D eigenvalue weighted by Crippen LogP contribution is 1.78. The van der Waals surface area contributed by atoms with E-state index in [1.54, 1.807) is 0 Å². The van der Waals surface area contributed by atoms with Gasteiger partial charge in [-0.25, -0.2) is 0 Å². The van der Waals surface area contributed by atoms with Crippen molar-refractivity contribution >= 4 is 27.8 Å². The summed E-state index contributed by atoms with van der Waals surface area (Å²) in [5.74, 6) is -0.327. The molecule has 0 radical (unpaired) electrons. The molecule has 0 aromatic rings. The molecule has 64 valence electrons. The first-order valence-corrected chi connectivity index (χ1v) is 4.48. The van der Waals surface area contributed by atoms with Crippen LogP contribution >= 0.6 is 0 Å². The maximum Gasteiger partial charge on any atom is 0.479 e. The van der Waals surface area contributed by atoms with Crippen molar-refractivity contribution in [3.05, 3.63) is 0 Å². The number of carbonyl (C=O) groups excluding carboxylic acids is 2. The van der Waals surface area contributed by atoms with Gasteiger partial charge in [-0.3, -0.25) is 4.79 Å². The third kappa shape index (κ3) is 12.3. The molecule has 0 aromatic heterocycles. The van der Waals surface area contributed by atoms with Gasteiger partial charge in [-0.05, 0) is 13.1 Å². The lowest BCUT2D eigenvalue weighted by atomic mass is 10.9. The standard InChI is InChI=1S/C5H10O3Si.CH2O/c1-4-7-9(3)8-5(2)6;1-2/h3-4H2,1-2H3;1H2. The molecule has 0 bridgehead atoms. The number of hydrogen-bond donors (Lipinski definition) is 0. The van der Waals surface area contributed by atoms with Crippen molar-refractivity contribution in [3.8, 4) is 0 Å². The fourth-order valence-electron chi connectivity index (χ4n) is 0.351. The lowest BCUT2D eigenvalue weighted by Crippen LogP contribution is -2.15. The summed E-state index contributed by atoms with van der Waals surface area (Å²) in [5.41, 5.74) is 0. The second-order valence-electron chi connectivity index (χ2n) is 1.40. The Labute approximate surface area is 67.6 Å². The fraction of sp³-hybridized carbons (Fsp3) is 0.500. The van der Waals surface area contributed by atoms with Gasteiger partial charge in [0.05, 0.1) is 6.61 Å². The van der Waals surface area contributed by atoms with E-state index in [0.717, 1.165) is 0 Å². The first-order valence-electron chi connectivity index (χ1n) is 2.95. The van der Waals surface area contributed by atoms with Crippen LogP contribution in [0.15, 0.2) is 0 Å². The summed E-state index contributed by atoms with van der Waals surface area (Å²) in [4.78, 5) is 18.2. The molecule has 5 heteroatoms. The quantitative estimate of drug-likeness (QED) is 0.564. The van der Waals surface area contributed by atoms with Crippen LogP contribution in [0.25, 0.3) is 0 Å². The van der Waals surface area contributed by atoms with Crippen LogP contribution in [0.5, 0.6) is 0 Å². The minimum Gasteiger partial charge on any atom is -0.524 e. The van der Waals surface area contributed by atoms with E-state index in [2.05, 4.69) is 10.6 Å². The highest BCUT2D eigenvalue weighted by molar-refractivity contribution is 6.50. The van der Waals surface area contributed by atoms with E-state index < -0.39 is 8.90 Å². The maximum absolute atomic E-state index is 10.2. The van der Waals surface area contributed by atoms with E-state index in [1.807, 2.05) is 13.7 Å². The average molecular weight is 176 g/mol. The summed E-state index contributed by atoms with van der Waals surface area (Å²) in [6.45, 7) is 5.72. The predicted molar refractivity (Wildman–Crippen MR) is 43.4 cm³/mol. The molecule has 0 atom stereocenters. The van der Waals surface area contributed by atoms with Crippen molar-refractivity contribution in [1.82, 2.24) is 0 Å². The minimum atomic E-state index is -1.54. The summed E-state index contributed by atoms with van der Waals surface area (Å²) >= 11 is 0. The zero-order valence-corrected chi connectivity index (χ0v) is 7.75. The minimum absolute atomic E-state index is 0.327. The van der Waals surface area contributed by atoms with E-state index >= 15 is 0 Å².